The molecule has 3 nitrogen and oxygen atoms in total. The first kappa shape index (κ1) is 13.7. The number of carbonyl (C=O) groups excluding carboxylic acids is 1. The number of hydrogen-bond acceptors (Lipinski definition) is 3. The molecule has 1 rings (SSSR count). The number of esters is 1. The third kappa shape index (κ3) is 2.86. The fraction of sp³-hybridized carbons (Fsp3) is 0.500. The molecule has 1 aromatic rings. The Morgan fingerprint density at radius 3 is 2.35 bits per heavy atom. The van der Waals surface area contributed by atoms with E-state index in [9.17, 15) is 9.90 Å². The van der Waals surface area contributed by atoms with Crippen molar-refractivity contribution in [3.8, 4) is 0 Å². The van der Waals surface area contributed by atoms with Crippen molar-refractivity contribution in [2.24, 2.45) is 5.92 Å². The SMILES string of the molecule is CCc1ccc(C(C)(O)C(C)C(=O)OC)cc1. The van der Waals surface area contributed by atoms with Gasteiger partial charge in [0.2, 0.25) is 0 Å². The maximum atomic E-state index is 11.5. The highest BCUT2D eigenvalue weighted by Crippen LogP contribution is 2.30. The zero-order valence-electron chi connectivity index (χ0n) is 10.9. The normalized spacial score (nSPS) is 16.1. The number of aryl methyl sites for hydroxylation is 1. The van der Waals surface area contributed by atoms with Gasteiger partial charge in [-0.1, -0.05) is 31.2 Å². The number of benzene rings is 1. The molecule has 94 valence electrons. The van der Waals surface area contributed by atoms with E-state index in [4.69, 9.17) is 0 Å². The molecule has 1 aromatic carbocycles. The number of carbonyl (C=O) groups is 1. The third-order valence-electron chi connectivity index (χ3n) is 3.34. The zero-order chi connectivity index (χ0) is 13.1. The van der Waals surface area contributed by atoms with Crippen LogP contribution in [0.25, 0.3) is 0 Å². The Bertz CT molecular complexity index is 379. The van der Waals surface area contributed by atoms with Gasteiger partial charge < -0.3 is 9.84 Å². The van der Waals surface area contributed by atoms with Gasteiger partial charge in [-0.25, -0.2) is 0 Å². The van der Waals surface area contributed by atoms with Crippen LogP contribution in [-0.2, 0) is 21.6 Å². The van der Waals surface area contributed by atoms with Crippen molar-refractivity contribution >= 4 is 5.97 Å². The second-order valence-electron chi connectivity index (χ2n) is 4.44. The van der Waals surface area contributed by atoms with Gasteiger partial charge in [0.15, 0.2) is 0 Å². The lowest BCUT2D eigenvalue weighted by atomic mass is 9.83. The molecule has 0 bridgehead atoms. The Morgan fingerprint density at radius 1 is 1.41 bits per heavy atom. The van der Waals surface area contributed by atoms with Crippen LogP contribution in [0.3, 0.4) is 0 Å². The fourth-order valence-electron chi connectivity index (χ4n) is 1.73. The Hall–Kier alpha value is -1.35. The molecule has 0 aromatic heterocycles. The summed E-state index contributed by atoms with van der Waals surface area (Å²) < 4.78 is 4.67. The van der Waals surface area contributed by atoms with E-state index < -0.39 is 17.5 Å². The molecule has 0 radical (unpaired) electrons. The molecule has 0 saturated carbocycles. The lowest BCUT2D eigenvalue weighted by Crippen LogP contribution is -2.35. The van der Waals surface area contributed by atoms with E-state index in [0.717, 1.165) is 12.0 Å². The lowest BCUT2D eigenvalue weighted by Gasteiger charge is -2.29. The topological polar surface area (TPSA) is 46.5 Å². The van der Waals surface area contributed by atoms with Crippen molar-refractivity contribution in [1.82, 2.24) is 0 Å². The van der Waals surface area contributed by atoms with Gasteiger partial charge >= 0.3 is 5.97 Å². The van der Waals surface area contributed by atoms with Crippen LogP contribution in [0.4, 0.5) is 0 Å². The van der Waals surface area contributed by atoms with Crippen molar-refractivity contribution in [2.45, 2.75) is 32.8 Å². The summed E-state index contributed by atoms with van der Waals surface area (Å²) >= 11 is 0. The monoisotopic (exact) mass is 236 g/mol. The van der Waals surface area contributed by atoms with E-state index in [0.29, 0.717) is 0 Å². The van der Waals surface area contributed by atoms with E-state index in [-0.39, 0.29) is 0 Å². The molecule has 17 heavy (non-hydrogen) atoms. The van der Waals surface area contributed by atoms with E-state index in [2.05, 4.69) is 11.7 Å². The van der Waals surface area contributed by atoms with Gasteiger partial charge in [-0.3, -0.25) is 4.79 Å². The smallest absolute Gasteiger partial charge is 0.311 e. The molecular formula is C14H20O3. The summed E-state index contributed by atoms with van der Waals surface area (Å²) in [5.74, 6) is -1.01. The summed E-state index contributed by atoms with van der Waals surface area (Å²) in [5.41, 5.74) is 0.724. The Labute approximate surface area is 102 Å². The van der Waals surface area contributed by atoms with E-state index in [1.807, 2.05) is 24.3 Å². The van der Waals surface area contributed by atoms with Crippen molar-refractivity contribution in [1.29, 1.82) is 0 Å². The number of aliphatic hydroxyl groups is 1. The Morgan fingerprint density at radius 2 is 1.94 bits per heavy atom. The molecule has 0 aliphatic rings. The molecular weight excluding hydrogens is 216 g/mol. The number of methoxy groups -OCH3 is 1. The van der Waals surface area contributed by atoms with Crippen molar-refractivity contribution in [2.75, 3.05) is 7.11 Å². The fourth-order valence-corrected chi connectivity index (χ4v) is 1.73. The number of ether oxygens (including phenoxy) is 1. The van der Waals surface area contributed by atoms with Crippen molar-refractivity contribution in [3.63, 3.8) is 0 Å². The van der Waals surface area contributed by atoms with Gasteiger partial charge in [-0.05, 0) is 31.4 Å². The molecule has 0 aliphatic carbocycles. The van der Waals surface area contributed by atoms with Crippen LogP contribution in [0, 0.1) is 5.92 Å². The first-order chi connectivity index (χ1) is 7.93. The minimum atomic E-state index is -1.21. The van der Waals surface area contributed by atoms with Gasteiger partial charge in [0.25, 0.3) is 0 Å². The van der Waals surface area contributed by atoms with Gasteiger partial charge in [0.1, 0.15) is 0 Å². The third-order valence-corrected chi connectivity index (χ3v) is 3.34. The van der Waals surface area contributed by atoms with E-state index >= 15 is 0 Å². The highest BCUT2D eigenvalue weighted by Gasteiger charge is 2.36. The van der Waals surface area contributed by atoms with Crippen LogP contribution in [0.2, 0.25) is 0 Å². The van der Waals surface area contributed by atoms with Crippen LogP contribution in [0.15, 0.2) is 24.3 Å². The predicted molar refractivity (Wildman–Crippen MR) is 66.6 cm³/mol. The van der Waals surface area contributed by atoms with Gasteiger partial charge in [-0.2, -0.15) is 0 Å². The zero-order valence-corrected chi connectivity index (χ0v) is 10.9. The maximum Gasteiger partial charge on any atom is 0.311 e. The molecule has 1 N–H and O–H groups in total. The van der Waals surface area contributed by atoms with Gasteiger partial charge in [-0.15, -0.1) is 0 Å². The van der Waals surface area contributed by atoms with Crippen LogP contribution in [0.5, 0.6) is 0 Å². The largest absolute Gasteiger partial charge is 0.469 e. The Kier molecular flexibility index (Phi) is 4.29. The van der Waals surface area contributed by atoms with Crippen molar-refractivity contribution < 1.29 is 14.6 Å². The predicted octanol–water partition coefficient (Wildman–Crippen LogP) is 2.27. The molecule has 2 atom stereocenters. The maximum absolute atomic E-state index is 11.5. The molecule has 0 amide bonds. The lowest BCUT2D eigenvalue weighted by molar-refractivity contribution is -0.154. The summed E-state index contributed by atoms with van der Waals surface area (Å²) in [7, 11) is 1.33. The molecule has 0 saturated heterocycles. The summed E-state index contributed by atoms with van der Waals surface area (Å²) in [6, 6.07) is 7.65. The number of rotatable bonds is 4. The molecule has 0 aliphatic heterocycles. The summed E-state index contributed by atoms with van der Waals surface area (Å²) in [6.45, 7) is 5.37. The summed E-state index contributed by atoms with van der Waals surface area (Å²) in [4.78, 5) is 11.5. The minimum absolute atomic E-state index is 0.408. The van der Waals surface area contributed by atoms with Crippen molar-refractivity contribution in [3.05, 3.63) is 35.4 Å². The average Bonchev–Trinajstić information content (AvgIpc) is 2.36. The summed E-state index contributed by atoms with van der Waals surface area (Å²) in [5, 5.41) is 10.4. The molecule has 0 fully saturated rings. The van der Waals surface area contributed by atoms with Crippen LogP contribution < -0.4 is 0 Å². The van der Waals surface area contributed by atoms with Gasteiger partial charge in [0.05, 0.1) is 18.6 Å². The molecule has 3 heteroatoms. The first-order valence-corrected chi connectivity index (χ1v) is 5.83. The molecule has 0 spiro atoms. The van der Waals surface area contributed by atoms with E-state index in [1.54, 1.807) is 13.8 Å². The number of hydrogen-bond donors (Lipinski definition) is 1. The second kappa shape index (κ2) is 5.32. The molecule has 2 unspecified atom stereocenters. The van der Waals surface area contributed by atoms with Crippen LogP contribution in [-0.4, -0.2) is 18.2 Å². The minimum Gasteiger partial charge on any atom is -0.469 e. The first-order valence-electron chi connectivity index (χ1n) is 5.83. The van der Waals surface area contributed by atoms with Crippen LogP contribution >= 0.6 is 0 Å². The quantitative estimate of drug-likeness (QED) is 0.816. The van der Waals surface area contributed by atoms with E-state index in [1.165, 1.54) is 12.7 Å². The standard InChI is InChI=1S/C14H20O3/c1-5-11-6-8-12(9-7-11)14(3,16)10(2)13(15)17-4/h6-10,16H,5H2,1-4H3. The summed E-state index contributed by atoms with van der Waals surface area (Å²) in [6.07, 6.45) is 0.953. The molecule has 0 heterocycles. The Balaban J connectivity index is 2.99. The van der Waals surface area contributed by atoms with Crippen LogP contribution in [0.1, 0.15) is 31.9 Å². The second-order valence-corrected chi connectivity index (χ2v) is 4.44. The highest BCUT2D eigenvalue weighted by atomic mass is 16.5. The van der Waals surface area contributed by atoms with Gasteiger partial charge in [0, 0.05) is 0 Å². The average molecular weight is 236 g/mol. The highest BCUT2D eigenvalue weighted by molar-refractivity contribution is 5.73.